The first-order valence-corrected chi connectivity index (χ1v) is 11.9. The first-order valence-electron chi connectivity index (χ1n) is 11.5. The van der Waals surface area contributed by atoms with Gasteiger partial charge < -0.3 is 4.57 Å². The maximum Gasteiger partial charge on any atom is 0.199 e. The van der Waals surface area contributed by atoms with E-state index < -0.39 is 0 Å². The van der Waals surface area contributed by atoms with Crippen LogP contribution in [-0.4, -0.2) is 50.3 Å². The van der Waals surface area contributed by atoms with Crippen LogP contribution in [0.25, 0.3) is 11.4 Å². The first kappa shape index (κ1) is 21.8. The maximum absolute atomic E-state index is 5.70. The van der Waals surface area contributed by atoms with Crippen molar-refractivity contribution in [1.82, 2.24) is 24.1 Å². The van der Waals surface area contributed by atoms with Gasteiger partial charge in [-0.15, -0.1) is 0 Å². The van der Waals surface area contributed by atoms with E-state index in [1.807, 2.05) is 34.5 Å². The minimum absolute atomic E-state index is 0.274. The smallest absolute Gasteiger partial charge is 0.199 e. The van der Waals surface area contributed by atoms with Crippen LogP contribution in [0.5, 0.6) is 0 Å². The van der Waals surface area contributed by atoms with E-state index in [1.54, 1.807) is 0 Å². The third-order valence-corrected chi connectivity index (χ3v) is 6.89. The molecule has 0 radical (unpaired) electrons. The zero-order chi connectivity index (χ0) is 22.6. The molecule has 0 aliphatic carbocycles. The molecule has 3 aromatic carbocycles. The van der Waals surface area contributed by atoms with Gasteiger partial charge in [-0.1, -0.05) is 91.0 Å². The molecule has 4 aromatic rings. The number of benzene rings is 3. The zero-order valence-electron chi connectivity index (χ0n) is 18.9. The second kappa shape index (κ2) is 9.83. The molecule has 0 unspecified atom stereocenters. The Morgan fingerprint density at radius 1 is 0.758 bits per heavy atom. The summed E-state index contributed by atoms with van der Waals surface area (Å²) in [5, 5.41) is 4.84. The molecule has 0 spiro atoms. The van der Waals surface area contributed by atoms with Crippen molar-refractivity contribution in [2.45, 2.75) is 12.7 Å². The van der Waals surface area contributed by atoms with Gasteiger partial charge in [-0.25, -0.2) is 4.68 Å². The summed E-state index contributed by atoms with van der Waals surface area (Å²) in [6, 6.07) is 32.2. The standard InChI is InChI=1S/C27H29N5S/c1-29-26(24-15-9-4-10-16-24)28-32(27(29)33)21-30-17-19-31(20-18-30)25(22-11-5-2-6-12-22)23-13-7-3-8-14-23/h2-16,25H,17-21H2,1H3. The van der Waals surface area contributed by atoms with Gasteiger partial charge in [-0.05, 0) is 23.3 Å². The van der Waals surface area contributed by atoms with E-state index in [2.05, 4.69) is 82.6 Å². The highest BCUT2D eigenvalue weighted by atomic mass is 32.1. The molecular weight excluding hydrogens is 426 g/mol. The van der Waals surface area contributed by atoms with Gasteiger partial charge >= 0.3 is 0 Å². The molecule has 0 atom stereocenters. The number of aromatic nitrogens is 3. The van der Waals surface area contributed by atoms with Crippen LogP contribution in [0.3, 0.4) is 0 Å². The van der Waals surface area contributed by atoms with E-state index in [4.69, 9.17) is 17.3 Å². The fourth-order valence-corrected chi connectivity index (χ4v) is 4.84. The highest BCUT2D eigenvalue weighted by Crippen LogP contribution is 2.29. The molecule has 1 aliphatic heterocycles. The molecule has 5 nitrogen and oxygen atoms in total. The lowest BCUT2D eigenvalue weighted by Gasteiger charge is -2.39. The van der Waals surface area contributed by atoms with Crippen molar-refractivity contribution < 1.29 is 0 Å². The lowest BCUT2D eigenvalue weighted by Crippen LogP contribution is -2.48. The van der Waals surface area contributed by atoms with Gasteiger partial charge in [-0.2, -0.15) is 5.10 Å². The molecular formula is C27H29N5S. The van der Waals surface area contributed by atoms with Crippen molar-refractivity contribution in [1.29, 1.82) is 0 Å². The van der Waals surface area contributed by atoms with Gasteiger partial charge in [0.2, 0.25) is 0 Å². The molecule has 1 saturated heterocycles. The minimum Gasteiger partial charge on any atom is -0.303 e. The summed E-state index contributed by atoms with van der Waals surface area (Å²) in [5.41, 5.74) is 3.77. The van der Waals surface area contributed by atoms with Gasteiger partial charge in [-0.3, -0.25) is 9.80 Å². The van der Waals surface area contributed by atoms with Crippen molar-refractivity contribution in [3.63, 3.8) is 0 Å². The summed E-state index contributed by atoms with van der Waals surface area (Å²) in [6.07, 6.45) is 0. The molecule has 6 heteroatoms. The highest BCUT2D eigenvalue weighted by Gasteiger charge is 2.26. The normalized spacial score (nSPS) is 15.2. The van der Waals surface area contributed by atoms with Crippen LogP contribution in [0.1, 0.15) is 17.2 Å². The average Bonchev–Trinajstić information content (AvgIpc) is 3.16. The van der Waals surface area contributed by atoms with Gasteiger partial charge in [0.15, 0.2) is 10.6 Å². The summed E-state index contributed by atoms with van der Waals surface area (Å²) in [4.78, 5) is 5.04. The Morgan fingerprint density at radius 2 is 1.27 bits per heavy atom. The fourth-order valence-electron chi connectivity index (χ4n) is 4.66. The van der Waals surface area contributed by atoms with E-state index in [0.29, 0.717) is 6.67 Å². The lowest BCUT2D eigenvalue weighted by molar-refractivity contribution is 0.0844. The van der Waals surface area contributed by atoms with Crippen molar-refractivity contribution in [3.8, 4) is 11.4 Å². The molecule has 0 amide bonds. The van der Waals surface area contributed by atoms with Crippen molar-refractivity contribution in [3.05, 3.63) is 107 Å². The molecule has 5 rings (SSSR count). The van der Waals surface area contributed by atoms with Crippen LogP contribution in [0.2, 0.25) is 0 Å². The molecule has 0 N–H and O–H groups in total. The van der Waals surface area contributed by atoms with Crippen molar-refractivity contribution in [2.75, 3.05) is 26.2 Å². The maximum atomic E-state index is 5.70. The third-order valence-electron chi connectivity index (χ3n) is 6.41. The average molecular weight is 456 g/mol. The van der Waals surface area contributed by atoms with Gasteiger partial charge in [0.1, 0.15) is 0 Å². The number of rotatable bonds is 6. The van der Waals surface area contributed by atoms with E-state index in [-0.39, 0.29) is 6.04 Å². The van der Waals surface area contributed by atoms with Crippen LogP contribution in [0, 0.1) is 4.77 Å². The van der Waals surface area contributed by atoms with E-state index in [0.717, 1.165) is 42.3 Å². The fraction of sp³-hybridized carbons (Fsp3) is 0.259. The summed E-state index contributed by atoms with van der Waals surface area (Å²) in [6.45, 7) is 4.68. The predicted molar refractivity (Wildman–Crippen MR) is 135 cm³/mol. The second-order valence-corrected chi connectivity index (χ2v) is 8.92. The molecule has 0 saturated carbocycles. The Labute approximate surface area is 200 Å². The van der Waals surface area contributed by atoms with Crippen LogP contribution in [-0.2, 0) is 13.7 Å². The monoisotopic (exact) mass is 455 g/mol. The topological polar surface area (TPSA) is 29.2 Å². The van der Waals surface area contributed by atoms with Crippen LogP contribution in [0.15, 0.2) is 91.0 Å². The van der Waals surface area contributed by atoms with Crippen molar-refractivity contribution in [2.24, 2.45) is 7.05 Å². The number of hydrogen-bond donors (Lipinski definition) is 0. The Hall–Kier alpha value is -3.06. The number of hydrogen-bond acceptors (Lipinski definition) is 4. The molecule has 1 aliphatic rings. The van der Waals surface area contributed by atoms with Gasteiger partial charge in [0.05, 0.1) is 12.7 Å². The van der Waals surface area contributed by atoms with E-state index in [1.165, 1.54) is 11.1 Å². The summed E-state index contributed by atoms with van der Waals surface area (Å²) >= 11 is 5.70. The van der Waals surface area contributed by atoms with E-state index >= 15 is 0 Å². The minimum atomic E-state index is 0.274. The Bertz CT molecular complexity index is 1190. The summed E-state index contributed by atoms with van der Waals surface area (Å²) in [7, 11) is 2.00. The van der Waals surface area contributed by atoms with Gasteiger partial charge in [0, 0.05) is 38.8 Å². The quantitative estimate of drug-likeness (QED) is 0.384. The number of nitrogens with zero attached hydrogens (tertiary/aromatic N) is 5. The van der Waals surface area contributed by atoms with Gasteiger partial charge in [0.25, 0.3) is 0 Å². The highest BCUT2D eigenvalue weighted by molar-refractivity contribution is 7.71. The summed E-state index contributed by atoms with van der Waals surface area (Å²) in [5.74, 6) is 0.910. The molecule has 168 valence electrons. The predicted octanol–water partition coefficient (Wildman–Crippen LogP) is 4.98. The largest absolute Gasteiger partial charge is 0.303 e. The lowest BCUT2D eigenvalue weighted by atomic mass is 9.96. The molecule has 0 bridgehead atoms. The Morgan fingerprint density at radius 3 is 1.82 bits per heavy atom. The number of piperazine rings is 1. The third kappa shape index (κ3) is 4.69. The SMILES string of the molecule is Cn1c(-c2ccccc2)nn(CN2CCN(C(c3ccccc3)c3ccccc3)CC2)c1=S. The molecule has 1 fully saturated rings. The first-order chi connectivity index (χ1) is 16.2. The summed E-state index contributed by atoms with van der Waals surface area (Å²) < 4.78 is 4.71. The molecule has 33 heavy (non-hydrogen) atoms. The Balaban J connectivity index is 1.31. The zero-order valence-corrected chi connectivity index (χ0v) is 19.7. The van der Waals surface area contributed by atoms with E-state index in [9.17, 15) is 0 Å². The van der Waals surface area contributed by atoms with Crippen molar-refractivity contribution >= 4 is 12.2 Å². The van der Waals surface area contributed by atoms with Crippen LogP contribution >= 0.6 is 12.2 Å². The van der Waals surface area contributed by atoms with Crippen LogP contribution < -0.4 is 0 Å². The Kier molecular flexibility index (Phi) is 6.48. The second-order valence-electron chi connectivity index (χ2n) is 8.55. The van der Waals surface area contributed by atoms with Crippen LogP contribution in [0.4, 0.5) is 0 Å². The molecule has 1 aromatic heterocycles. The molecule has 2 heterocycles.